The van der Waals surface area contributed by atoms with Gasteiger partial charge in [-0.05, 0) is 30.5 Å². The summed E-state index contributed by atoms with van der Waals surface area (Å²) in [7, 11) is 0. The lowest BCUT2D eigenvalue weighted by atomic mass is 9.90. The number of rotatable bonds is 2. The summed E-state index contributed by atoms with van der Waals surface area (Å²) < 4.78 is 5.87. The molecule has 4 nitrogen and oxygen atoms in total. The highest BCUT2D eigenvalue weighted by Gasteiger charge is 2.35. The summed E-state index contributed by atoms with van der Waals surface area (Å²) >= 11 is 0. The second-order valence-electron chi connectivity index (χ2n) is 5.17. The van der Waals surface area contributed by atoms with E-state index >= 15 is 0 Å². The van der Waals surface area contributed by atoms with Gasteiger partial charge in [0.1, 0.15) is 11.9 Å². The SMILES string of the molecule is NC1CCC2N=C(Cc3cccc(O)c3)OC2C1. The monoisotopic (exact) mass is 246 g/mol. The maximum Gasteiger partial charge on any atom is 0.188 e. The zero-order valence-electron chi connectivity index (χ0n) is 10.2. The Hall–Kier alpha value is -1.55. The molecular weight excluding hydrogens is 228 g/mol. The maximum absolute atomic E-state index is 9.43. The summed E-state index contributed by atoms with van der Waals surface area (Å²) in [5.74, 6) is 1.07. The van der Waals surface area contributed by atoms with E-state index in [1.54, 1.807) is 12.1 Å². The van der Waals surface area contributed by atoms with Crippen molar-refractivity contribution in [2.45, 2.75) is 43.9 Å². The molecule has 1 aliphatic heterocycles. The molecule has 96 valence electrons. The largest absolute Gasteiger partial charge is 0.508 e. The molecule has 1 heterocycles. The van der Waals surface area contributed by atoms with E-state index in [9.17, 15) is 5.11 Å². The lowest BCUT2D eigenvalue weighted by Gasteiger charge is -2.26. The smallest absolute Gasteiger partial charge is 0.188 e. The summed E-state index contributed by atoms with van der Waals surface area (Å²) in [6.07, 6.45) is 3.78. The number of phenolic OH excluding ortho intramolecular Hbond substituents is 1. The van der Waals surface area contributed by atoms with Crippen molar-refractivity contribution in [2.24, 2.45) is 10.7 Å². The Balaban J connectivity index is 1.68. The lowest BCUT2D eigenvalue weighted by molar-refractivity contribution is 0.139. The zero-order chi connectivity index (χ0) is 12.5. The number of ether oxygens (including phenoxy) is 1. The minimum atomic E-state index is 0.168. The highest BCUT2D eigenvalue weighted by atomic mass is 16.5. The van der Waals surface area contributed by atoms with E-state index in [0.29, 0.717) is 6.42 Å². The first-order valence-corrected chi connectivity index (χ1v) is 6.47. The van der Waals surface area contributed by atoms with Crippen LogP contribution in [-0.4, -0.2) is 29.2 Å². The Morgan fingerprint density at radius 1 is 1.39 bits per heavy atom. The summed E-state index contributed by atoms with van der Waals surface area (Å²) in [5.41, 5.74) is 6.97. The van der Waals surface area contributed by atoms with Crippen LogP contribution in [0, 0.1) is 0 Å². The van der Waals surface area contributed by atoms with Gasteiger partial charge in [-0.3, -0.25) is 0 Å². The second-order valence-corrected chi connectivity index (χ2v) is 5.17. The van der Waals surface area contributed by atoms with E-state index in [4.69, 9.17) is 10.5 Å². The number of nitrogens with zero attached hydrogens (tertiary/aromatic N) is 1. The normalized spacial score (nSPS) is 30.5. The highest BCUT2D eigenvalue weighted by molar-refractivity contribution is 5.80. The van der Waals surface area contributed by atoms with Crippen LogP contribution in [0.4, 0.5) is 0 Å². The van der Waals surface area contributed by atoms with Gasteiger partial charge in [0, 0.05) is 18.9 Å². The molecule has 3 atom stereocenters. The van der Waals surface area contributed by atoms with Gasteiger partial charge >= 0.3 is 0 Å². The van der Waals surface area contributed by atoms with Gasteiger partial charge in [0.25, 0.3) is 0 Å². The molecule has 4 heteroatoms. The standard InChI is InChI=1S/C14H18N2O2/c15-10-4-5-12-13(8-10)18-14(16-12)7-9-2-1-3-11(17)6-9/h1-3,6,10,12-13,17H,4-5,7-8,15H2. The van der Waals surface area contributed by atoms with Gasteiger partial charge in [0.2, 0.25) is 0 Å². The number of phenols is 1. The van der Waals surface area contributed by atoms with Crippen LogP contribution in [0.25, 0.3) is 0 Å². The Labute approximate surface area is 106 Å². The average Bonchev–Trinajstić information content (AvgIpc) is 2.70. The number of hydrogen-bond acceptors (Lipinski definition) is 4. The fourth-order valence-electron chi connectivity index (χ4n) is 2.74. The molecule has 1 fully saturated rings. The van der Waals surface area contributed by atoms with Crippen molar-refractivity contribution in [1.29, 1.82) is 0 Å². The van der Waals surface area contributed by atoms with E-state index in [-0.39, 0.29) is 23.9 Å². The molecule has 1 saturated carbocycles. The molecule has 18 heavy (non-hydrogen) atoms. The number of fused-ring (bicyclic) bond motifs is 1. The predicted octanol–water partition coefficient (Wildman–Crippen LogP) is 1.61. The number of aliphatic imine (C=N–C) groups is 1. The first-order valence-electron chi connectivity index (χ1n) is 6.47. The third kappa shape index (κ3) is 2.34. The molecule has 0 spiro atoms. The molecule has 3 unspecified atom stereocenters. The van der Waals surface area contributed by atoms with E-state index in [0.717, 1.165) is 30.7 Å². The number of benzene rings is 1. The Morgan fingerprint density at radius 2 is 2.28 bits per heavy atom. The van der Waals surface area contributed by atoms with Crippen LogP contribution in [0.5, 0.6) is 5.75 Å². The zero-order valence-corrected chi connectivity index (χ0v) is 10.2. The number of nitrogens with two attached hydrogens (primary N) is 1. The van der Waals surface area contributed by atoms with Crippen molar-refractivity contribution in [2.75, 3.05) is 0 Å². The minimum absolute atomic E-state index is 0.168. The molecule has 0 amide bonds. The van der Waals surface area contributed by atoms with E-state index in [2.05, 4.69) is 4.99 Å². The summed E-state index contributed by atoms with van der Waals surface area (Å²) in [6.45, 7) is 0. The van der Waals surface area contributed by atoms with Gasteiger partial charge in [-0.2, -0.15) is 0 Å². The minimum Gasteiger partial charge on any atom is -0.508 e. The topological polar surface area (TPSA) is 67.8 Å². The van der Waals surface area contributed by atoms with Gasteiger partial charge in [0.15, 0.2) is 5.90 Å². The van der Waals surface area contributed by atoms with Gasteiger partial charge in [-0.25, -0.2) is 4.99 Å². The second kappa shape index (κ2) is 4.61. The molecule has 0 aromatic heterocycles. The van der Waals surface area contributed by atoms with Crippen LogP contribution in [0.15, 0.2) is 29.3 Å². The molecule has 1 aromatic carbocycles. The van der Waals surface area contributed by atoms with Crippen LogP contribution in [0.1, 0.15) is 24.8 Å². The van der Waals surface area contributed by atoms with Crippen molar-refractivity contribution in [3.05, 3.63) is 29.8 Å². The Morgan fingerprint density at radius 3 is 3.11 bits per heavy atom. The van der Waals surface area contributed by atoms with Crippen LogP contribution < -0.4 is 5.73 Å². The van der Waals surface area contributed by atoms with Gasteiger partial charge < -0.3 is 15.6 Å². The van der Waals surface area contributed by atoms with Crippen molar-refractivity contribution in [3.8, 4) is 5.75 Å². The third-order valence-corrected chi connectivity index (χ3v) is 3.66. The molecule has 3 rings (SSSR count). The van der Waals surface area contributed by atoms with E-state index < -0.39 is 0 Å². The van der Waals surface area contributed by atoms with Crippen LogP contribution in [0.2, 0.25) is 0 Å². The quantitative estimate of drug-likeness (QED) is 0.833. The summed E-state index contributed by atoms with van der Waals surface area (Å²) in [4.78, 5) is 4.63. The number of hydrogen-bond donors (Lipinski definition) is 2. The molecule has 1 aliphatic carbocycles. The van der Waals surface area contributed by atoms with Crippen LogP contribution in [-0.2, 0) is 11.2 Å². The fourth-order valence-corrected chi connectivity index (χ4v) is 2.74. The van der Waals surface area contributed by atoms with Gasteiger partial charge in [-0.15, -0.1) is 0 Å². The lowest BCUT2D eigenvalue weighted by Crippen LogP contribution is -2.38. The highest BCUT2D eigenvalue weighted by Crippen LogP contribution is 2.29. The van der Waals surface area contributed by atoms with E-state index in [1.165, 1.54) is 0 Å². The molecule has 3 N–H and O–H groups in total. The van der Waals surface area contributed by atoms with Crippen molar-refractivity contribution in [3.63, 3.8) is 0 Å². The van der Waals surface area contributed by atoms with Crippen molar-refractivity contribution >= 4 is 5.90 Å². The van der Waals surface area contributed by atoms with Crippen LogP contribution >= 0.6 is 0 Å². The summed E-state index contributed by atoms with van der Waals surface area (Å²) in [5, 5.41) is 9.43. The van der Waals surface area contributed by atoms with Crippen molar-refractivity contribution in [1.82, 2.24) is 0 Å². The Bertz CT molecular complexity index is 473. The Kier molecular flexibility index (Phi) is 2.96. The third-order valence-electron chi connectivity index (χ3n) is 3.66. The average molecular weight is 246 g/mol. The number of aromatic hydroxyl groups is 1. The van der Waals surface area contributed by atoms with Crippen molar-refractivity contribution < 1.29 is 9.84 Å². The first kappa shape index (κ1) is 11.5. The molecule has 0 radical (unpaired) electrons. The molecule has 0 saturated heterocycles. The van der Waals surface area contributed by atoms with E-state index in [1.807, 2.05) is 12.1 Å². The molecular formula is C14H18N2O2. The van der Waals surface area contributed by atoms with Gasteiger partial charge in [0.05, 0.1) is 6.04 Å². The fraction of sp³-hybridized carbons (Fsp3) is 0.500. The van der Waals surface area contributed by atoms with Gasteiger partial charge in [-0.1, -0.05) is 12.1 Å². The predicted molar refractivity (Wildman–Crippen MR) is 69.7 cm³/mol. The maximum atomic E-state index is 9.43. The first-order chi connectivity index (χ1) is 8.70. The molecule has 2 aliphatic rings. The molecule has 0 bridgehead atoms. The molecule has 1 aromatic rings. The summed E-state index contributed by atoms with van der Waals surface area (Å²) in [6, 6.07) is 7.76. The van der Waals surface area contributed by atoms with Crippen LogP contribution in [0.3, 0.4) is 0 Å².